The third kappa shape index (κ3) is 8.18. The third-order valence-electron chi connectivity index (χ3n) is 6.56. The summed E-state index contributed by atoms with van der Waals surface area (Å²) in [4.78, 5) is 16.2. The smallest absolute Gasteiger partial charge is 0.222 e. The van der Waals surface area contributed by atoms with E-state index in [4.69, 9.17) is 14.2 Å². The second-order valence-corrected chi connectivity index (χ2v) is 9.77. The largest absolute Gasteiger partial charge is 0.494 e. The maximum atomic E-state index is 13.4. The van der Waals surface area contributed by atoms with Gasteiger partial charge in [0.1, 0.15) is 29.5 Å². The molecule has 4 rings (SSSR count). The topological polar surface area (TPSA) is 71.5 Å². The van der Waals surface area contributed by atoms with Crippen LogP contribution in [-0.4, -0.2) is 79.0 Å². The summed E-state index contributed by atoms with van der Waals surface area (Å²) < 4.78 is 30.7. The maximum absolute atomic E-state index is 13.4. The van der Waals surface area contributed by atoms with Gasteiger partial charge in [-0.2, -0.15) is 0 Å². The van der Waals surface area contributed by atoms with E-state index in [9.17, 15) is 14.3 Å². The van der Waals surface area contributed by atoms with E-state index in [2.05, 4.69) is 4.90 Å². The van der Waals surface area contributed by atoms with Crippen LogP contribution in [0.1, 0.15) is 37.7 Å². The molecule has 2 aromatic rings. The number of carbonyl (C=O) groups is 1. The first-order chi connectivity index (χ1) is 17.5. The fourth-order valence-electron chi connectivity index (χ4n) is 4.71. The number of ether oxygens (including phenoxy) is 3. The summed E-state index contributed by atoms with van der Waals surface area (Å²) in [5, 5.41) is 11.1. The first kappa shape index (κ1) is 26.4. The number of β-amino-alcohol motifs (C(OH)–C–C–N with tert-alkyl or cyclic N) is 1. The summed E-state index contributed by atoms with van der Waals surface area (Å²) in [5.74, 6) is 1.06. The fourth-order valence-corrected chi connectivity index (χ4v) is 4.71. The Labute approximate surface area is 212 Å². The minimum atomic E-state index is -1.21. The van der Waals surface area contributed by atoms with Gasteiger partial charge >= 0.3 is 0 Å². The van der Waals surface area contributed by atoms with Gasteiger partial charge in [-0.15, -0.1) is 0 Å². The molecule has 8 heteroatoms. The molecule has 2 fully saturated rings. The van der Waals surface area contributed by atoms with Gasteiger partial charge in [-0.1, -0.05) is 24.6 Å². The number of likely N-dealkylation sites (tertiary alicyclic amines) is 1. The number of benzene rings is 2. The molecule has 0 saturated carbocycles. The van der Waals surface area contributed by atoms with Crippen LogP contribution < -0.4 is 9.47 Å². The van der Waals surface area contributed by atoms with Crippen molar-refractivity contribution < 1.29 is 28.5 Å². The fraction of sp³-hybridized carbons (Fsp3) is 0.536. The van der Waals surface area contributed by atoms with Gasteiger partial charge in [-0.05, 0) is 49.1 Å². The van der Waals surface area contributed by atoms with Crippen LogP contribution in [0.4, 0.5) is 4.39 Å². The van der Waals surface area contributed by atoms with Crippen LogP contribution in [0.2, 0.25) is 0 Å². The van der Waals surface area contributed by atoms with Crippen LogP contribution in [0.25, 0.3) is 0 Å². The molecule has 0 bridgehead atoms. The molecule has 0 spiro atoms. The number of hydrogen-bond donors (Lipinski definition) is 1. The van der Waals surface area contributed by atoms with Gasteiger partial charge in [0.05, 0.1) is 19.8 Å². The van der Waals surface area contributed by atoms with Crippen LogP contribution in [-0.2, 0) is 16.1 Å². The third-order valence-corrected chi connectivity index (χ3v) is 6.56. The average molecular weight is 501 g/mol. The summed E-state index contributed by atoms with van der Waals surface area (Å²) in [7, 11) is 0. The van der Waals surface area contributed by atoms with Crippen LogP contribution in [0.15, 0.2) is 48.5 Å². The zero-order valence-corrected chi connectivity index (χ0v) is 20.9. The molecule has 36 heavy (non-hydrogen) atoms. The number of amides is 1. The Hall–Kier alpha value is -2.68. The van der Waals surface area contributed by atoms with Gasteiger partial charge < -0.3 is 24.2 Å². The van der Waals surface area contributed by atoms with Crippen LogP contribution in [0, 0.1) is 5.82 Å². The quantitative estimate of drug-likeness (QED) is 0.503. The predicted octanol–water partition coefficient (Wildman–Crippen LogP) is 3.64. The zero-order valence-electron chi connectivity index (χ0n) is 20.9. The number of nitrogens with zero attached hydrogens (tertiary/aromatic N) is 2. The van der Waals surface area contributed by atoms with Gasteiger partial charge in [0.25, 0.3) is 0 Å². The molecule has 0 aromatic heterocycles. The van der Waals surface area contributed by atoms with Crippen molar-refractivity contribution in [3.63, 3.8) is 0 Å². The predicted molar refractivity (Wildman–Crippen MR) is 135 cm³/mol. The van der Waals surface area contributed by atoms with E-state index in [1.807, 2.05) is 29.2 Å². The second-order valence-electron chi connectivity index (χ2n) is 9.77. The highest BCUT2D eigenvalue weighted by Crippen LogP contribution is 2.21. The molecule has 1 unspecified atom stereocenters. The van der Waals surface area contributed by atoms with E-state index in [0.29, 0.717) is 45.0 Å². The molecule has 2 heterocycles. The molecule has 2 aromatic carbocycles. The van der Waals surface area contributed by atoms with E-state index < -0.39 is 5.60 Å². The summed E-state index contributed by atoms with van der Waals surface area (Å²) in [6, 6.07) is 13.9. The molecular weight excluding hydrogens is 463 g/mol. The Balaban J connectivity index is 1.26. The SMILES string of the molecule is O=C1CCCCCN1CCCOc1cccc(CN2CCOCC(O)(COc3cccc(F)c3)C2)c1. The lowest BCUT2D eigenvalue weighted by molar-refractivity contribution is -0.130. The van der Waals surface area contributed by atoms with Gasteiger partial charge in [0.2, 0.25) is 5.91 Å². The van der Waals surface area contributed by atoms with E-state index in [-0.39, 0.29) is 24.9 Å². The number of carbonyl (C=O) groups excluding carboxylic acids is 1. The first-order valence-electron chi connectivity index (χ1n) is 12.9. The number of halogens is 1. The van der Waals surface area contributed by atoms with Gasteiger partial charge in [-0.25, -0.2) is 4.39 Å². The highest BCUT2D eigenvalue weighted by atomic mass is 19.1. The Morgan fingerprint density at radius 3 is 2.72 bits per heavy atom. The van der Waals surface area contributed by atoms with Crippen molar-refractivity contribution in [2.45, 2.75) is 44.2 Å². The van der Waals surface area contributed by atoms with Crippen molar-refractivity contribution >= 4 is 5.91 Å². The van der Waals surface area contributed by atoms with Crippen LogP contribution in [0.5, 0.6) is 11.5 Å². The van der Waals surface area contributed by atoms with E-state index >= 15 is 0 Å². The highest BCUT2D eigenvalue weighted by Gasteiger charge is 2.33. The molecule has 2 saturated heterocycles. The molecule has 2 aliphatic heterocycles. The summed E-state index contributed by atoms with van der Waals surface area (Å²) >= 11 is 0. The van der Waals surface area contributed by atoms with Gasteiger partial charge in [-0.3, -0.25) is 9.69 Å². The minimum absolute atomic E-state index is 0.00955. The van der Waals surface area contributed by atoms with Crippen molar-refractivity contribution in [1.82, 2.24) is 9.80 Å². The Kier molecular flexibility index (Phi) is 9.55. The monoisotopic (exact) mass is 500 g/mol. The molecule has 0 aliphatic carbocycles. The second kappa shape index (κ2) is 13.0. The van der Waals surface area contributed by atoms with Crippen molar-refractivity contribution in [3.8, 4) is 11.5 Å². The Bertz CT molecular complexity index is 990. The van der Waals surface area contributed by atoms with E-state index in [0.717, 1.165) is 50.1 Å². The molecule has 0 radical (unpaired) electrons. The lowest BCUT2D eigenvalue weighted by Gasteiger charge is -2.30. The van der Waals surface area contributed by atoms with Crippen molar-refractivity contribution in [3.05, 3.63) is 59.9 Å². The average Bonchev–Trinajstić information content (AvgIpc) is 3.18. The Morgan fingerprint density at radius 2 is 1.86 bits per heavy atom. The summed E-state index contributed by atoms with van der Waals surface area (Å²) in [6.45, 7) is 4.50. The molecule has 196 valence electrons. The summed E-state index contributed by atoms with van der Waals surface area (Å²) in [5.41, 5.74) is -0.132. The standard InChI is InChI=1S/C28H37FN2O5/c29-24-8-5-10-26(18-24)36-22-28(33)20-30(14-16-34-21-28)19-23-7-4-9-25(17-23)35-15-6-13-31-12-3-1-2-11-27(31)32/h4-5,7-10,17-18,33H,1-3,6,11-16,19-22H2. The lowest BCUT2D eigenvalue weighted by Crippen LogP contribution is -2.48. The maximum Gasteiger partial charge on any atom is 0.222 e. The number of hydrogen-bond acceptors (Lipinski definition) is 6. The van der Waals surface area contributed by atoms with Gasteiger partial charge in [0, 0.05) is 45.2 Å². The summed E-state index contributed by atoms with van der Waals surface area (Å²) in [6.07, 6.45) is 4.68. The molecule has 2 aliphatic rings. The van der Waals surface area contributed by atoms with Crippen molar-refractivity contribution in [2.24, 2.45) is 0 Å². The molecule has 1 atom stereocenters. The van der Waals surface area contributed by atoms with Crippen molar-refractivity contribution in [1.29, 1.82) is 0 Å². The molecular formula is C28H37FN2O5. The number of aliphatic hydroxyl groups is 1. The lowest BCUT2D eigenvalue weighted by atomic mass is 10.1. The van der Waals surface area contributed by atoms with Crippen LogP contribution >= 0.6 is 0 Å². The van der Waals surface area contributed by atoms with E-state index in [1.54, 1.807) is 12.1 Å². The minimum Gasteiger partial charge on any atom is -0.494 e. The van der Waals surface area contributed by atoms with Crippen LogP contribution in [0.3, 0.4) is 0 Å². The first-order valence-corrected chi connectivity index (χ1v) is 12.9. The number of rotatable bonds is 10. The Morgan fingerprint density at radius 1 is 1.03 bits per heavy atom. The van der Waals surface area contributed by atoms with Gasteiger partial charge in [0.15, 0.2) is 0 Å². The molecule has 7 nitrogen and oxygen atoms in total. The molecule has 1 amide bonds. The normalized spacial score (nSPS) is 21.6. The zero-order chi connectivity index (χ0) is 25.2. The van der Waals surface area contributed by atoms with Crippen molar-refractivity contribution in [2.75, 3.05) is 52.6 Å². The molecule has 1 N–H and O–H groups in total. The highest BCUT2D eigenvalue weighted by molar-refractivity contribution is 5.76. The van der Waals surface area contributed by atoms with E-state index in [1.165, 1.54) is 12.1 Å².